The smallest absolute Gasteiger partial charge is 0.410 e. The number of ether oxygens (including phenoxy) is 4. The Morgan fingerprint density at radius 3 is 1.48 bits per heavy atom. The van der Waals surface area contributed by atoms with Gasteiger partial charge in [-0.2, -0.15) is 10.5 Å². The van der Waals surface area contributed by atoms with Crippen LogP contribution in [0.15, 0.2) is 126 Å². The number of carbonyl (C=O) groups excluding carboxylic acids is 2. The third-order valence-electron chi connectivity index (χ3n) is 12.9. The normalized spacial score (nSPS) is 14.9. The number of anilines is 1. The van der Waals surface area contributed by atoms with Crippen molar-refractivity contribution in [3.8, 4) is 46.2 Å². The van der Waals surface area contributed by atoms with E-state index in [1.165, 1.54) is 0 Å². The number of nitrogens with one attached hydrogen (secondary N) is 1. The molecule has 0 bridgehead atoms. The number of nitriles is 2. The summed E-state index contributed by atoms with van der Waals surface area (Å²) in [5.74, 6) is 2.00. The Morgan fingerprint density at radius 2 is 1.06 bits per heavy atom. The molecule has 0 saturated carbocycles. The van der Waals surface area contributed by atoms with Crippen molar-refractivity contribution in [3.63, 3.8) is 0 Å². The highest BCUT2D eigenvalue weighted by molar-refractivity contribution is 9.10. The molecule has 2 saturated heterocycles. The van der Waals surface area contributed by atoms with Crippen LogP contribution in [0.3, 0.4) is 0 Å². The summed E-state index contributed by atoms with van der Waals surface area (Å²) in [5, 5.41) is 23.5. The topological polar surface area (TPSA) is 189 Å². The lowest BCUT2D eigenvalue weighted by Gasteiger charge is -2.35. The number of rotatable bonds is 14. The zero-order chi connectivity index (χ0) is 57.0. The number of amides is 2. The van der Waals surface area contributed by atoms with Gasteiger partial charge in [0.1, 0.15) is 58.5 Å². The van der Waals surface area contributed by atoms with Crippen LogP contribution < -0.4 is 20.5 Å². The number of hydrogen-bond acceptors (Lipinski definition) is 12. The molecular formula is C65H81BrN8O6. The summed E-state index contributed by atoms with van der Waals surface area (Å²) < 4.78 is 24.1. The molecule has 2 aromatic heterocycles. The summed E-state index contributed by atoms with van der Waals surface area (Å²) in [6.45, 7) is 20.0. The molecule has 2 fully saturated rings. The average Bonchev–Trinajstić information content (AvgIpc) is 3.48. The maximum Gasteiger partial charge on any atom is 0.410 e. The van der Waals surface area contributed by atoms with Crippen LogP contribution >= 0.6 is 15.9 Å². The first-order valence-electron chi connectivity index (χ1n) is 27.4. The highest BCUT2D eigenvalue weighted by Crippen LogP contribution is 2.40. The van der Waals surface area contributed by atoms with Gasteiger partial charge in [0.2, 0.25) is 0 Å². The first-order chi connectivity index (χ1) is 37.9. The van der Waals surface area contributed by atoms with Gasteiger partial charge in [-0.1, -0.05) is 106 Å². The molecule has 80 heavy (non-hydrogen) atoms. The van der Waals surface area contributed by atoms with Gasteiger partial charge in [0.15, 0.2) is 0 Å². The standard InChI is InChI=1S/C32H38N4O3.C29H30BrN3O3.C3H9N.CH4/c1-5-17-34-30-27(20-33)26(24-14-11-18-36(21-24)31(37)39-32(2,3)4)19-28(35-30)25-15-9-10-16-29(25)38-22-23-12-7-6-8-13-23;1-29(2,3)36-28(34)33-15-9-12-21(18-33)23-16-25(32-27(30)24(23)17-31)22-13-7-8-14-26(22)35-19-20-10-5-4-6-11-20;1-2-3-4;/h6-10,12-13,15-16,19,24H,5,11,14,17-18,21-22H2,1-4H3,(H,34,35);4-8,10-11,13-14,16,21H,9,12,15,18-19H2,1-3H3;2-4H2,1H3;1H4. The molecule has 2 amide bonds. The average molecular weight is 1150 g/mol. The predicted octanol–water partition coefficient (Wildman–Crippen LogP) is 15.2. The Balaban J connectivity index is 0.000000273. The van der Waals surface area contributed by atoms with Crippen molar-refractivity contribution in [2.45, 2.75) is 138 Å². The molecule has 8 rings (SSSR count). The van der Waals surface area contributed by atoms with Crippen molar-refractivity contribution in [1.29, 1.82) is 10.5 Å². The highest BCUT2D eigenvalue weighted by Gasteiger charge is 2.33. The maximum absolute atomic E-state index is 12.9. The fraction of sp³-hybridized carbons (Fsp3) is 0.415. The molecule has 0 spiro atoms. The summed E-state index contributed by atoms with van der Waals surface area (Å²) >= 11 is 3.53. The van der Waals surface area contributed by atoms with Gasteiger partial charge in [-0.3, -0.25) is 0 Å². The van der Waals surface area contributed by atoms with Crippen molar-refractivity contribution in [2.75, 3.05) is 44.6 Å². The number of nitrogens with zero attached hydrogens (tertiary/aromatic N) is 6. The summed E-state index contributed by atoms with van der Waals surface area (Å²) in [5.41, 5.74) is 12.0. The lowest BCUT2D eigenvalue weighted by atomic mass is 9.87. The number of para-hydroxylation sites is 2. The van der Waals surface area contributed by atoms with Crippen LogP contribution in [0.2, 0.25) is 0 Å². The van der Waals surface area contributed by atoms with Crippen molar-refractivity contribution in [2.24, 2.45) is 5.73 Å². The van der Waals surface area contributed by atoms with Gasteiger partial charge >= 0.3 is 12.2 Å². The summed E-state index contributed by atoms with van der Waals surface area (Å²) in [6.07, 6.45) is 4.77. The van der Waals surface area contributed by atoms with Crippen molar-refractivity contribution < 1.29 is 28.5 Å². The van der Waals surface area contributed by atoms with Crippen LogP contribution in [0.1, 0.15) is 147 Å². The van der Waals surface area contributed by atoms with Gasteiger partial charge < -0.3 is 39.8 Å². The summed E-state index contributed by atoms with van der Waals surface area (Å²) in [4.78, 5) is 38.7. The molecule has 2 aliphatic rings. The predicted molar refractivity (Wildman–Crippen MR) is 322 cm³/mol. The lowest BCUT2D eigenvalue weighted by molar-refractivity contribution is 0.0188. The second kappa shape index (κ2) is 30.8. The Hall–Kier alpha value is -7.46. The highest BCUT2D eigenvalue weighted by atomic mass is 79.9. The zero-order valence-corrected chi connectivity index (χ0v) is 48.8. The molecule has 3 N–H and O–H groups in total. The van der Waals surface area contributed by atoms with E-state index in [2.05, 4.69) is 47.2 Å². The minimum atomic E-state index is -0.563. The Labute approximate surface area is 483 Å². The lowest BCUT2D eigenvalue weighted by Crippen LogP contribution is -2.42. The molecule has 14 nitrogen and oxygen atoms in total. The molecular weight excluding hydrogens is 1070 g/mol. The number of hydrogen-bond donors (Lipinski definition) is 2. The molecule has 15 heteroatoms. The maximum atomic E-state index is 12.9. The van der Waals surface area contributed by atoms with Gasteiger partial charge in [-0.15, -0.1) is 0 Å². The third-order valence-corrected chi connectivity index (χ3v) is 13.5. The molecule has 4 heterocycles. The number of carbonyl (C=O) groups is 2. The monoisotopic (exact) mass is 1150 g/mol. The van der Waals surface area contributed by atoms with E-state index in [4.69, 9.17) is 34.6 Å². The number of nitrogens with two attached hydrogens (primary N) is 1. The Kier molecular flexibility index (Phi) is 24.4. The molecule has 0 aliphatic carbocycles. The SMILES string of the molecule is C.CC(C)(C)OC(=O)N1CCCC(c2cc(-c3ccccc3OCc3ccccc3)nc(Br)c2C#N)C1.CCCN.CCCNc1nc(-c2ccccc2OCc2ccccc2)cc(C2CCCN(C(=O)OC(C)(C)C)C2)c1C#N. The number of benzene rings is 4. The molecule has 6 aromatic rings. The van der Waals surface area contributed by atoms with E-state index in [0.717, 1.165) is 95.6 Å². The number of halogens is 1. The first kappa shape index (κ1) is 63.4. The van der Waals surface area contributed by atoms with Crippen LogP contribution in [0.5, 0.6) is 11.5 Å². The van der Waals surface area contributed by atoms with Gasteiger partial charge in [0.25, 0.3) is 0 Å². The van der Waals surface area contributed by atoms with Crippen molar-refractivity contribution in [3.05, 3.63) is 159 Å². The minimum Gasteiger partial charge on any atom is -0.488 e. The van der Waals surface area contributed by atoms with Crippen LogP contribution in [0, 0.1) is 22.7 Å². The number of likely N-dealkylation sites (tertiary alicyclic amines) is 2. The van der Waals surface area contributed by atoms with Crippen molar-refractivity contribution >= 4 is 33.9 Å². The fourth-order valence-electron chi connectivity index (χ4n) is 9.14. The molecule has 2 atom stereocenters. The summed E-state index contributed by atoms with van der Waals surface area (Å²) in [7, 11) is 0. The van der Waals surface area contributed by atoms with Crippen LogP contribution in [-0.2, 0) is 22.7 Å². The van der Waals surface area contributed by atoms with E-state index in [1.807, 2.05) is 163 Å². The molecule has 4 aromatic carbocycles. The molecule has 2 unspecified atom stereocenters. The van der Waals surface area contributed by atoms with E-state index in [9.17, 15) is 20.1 Å². The van der Waals surface area contributed by atoms with Crippen LogP contribution in [0.25, 0.3) is 22.5 Å². The zero-order valence-electron chi connectivity index (χ0n) is 47.2. The number of pyridine rings is 2. The van der Waals surface area contributed by atoms with Crippen molar-refractivity contribution in [1.82, 2.24) is 19.8 Å². The second-order valence-corrected chi connectivity index (χ2v) is 22.3. The number of piperidine rings is 2. The minimum absolute atomic E-state index is 0. The van der Waals surface area contributed by atoms with E-state index in [0.29, 0.717) is 73.2 Å². The van der Waals surface area contributed by atoms with E-state index >= 15 is 0 Å². The van der Waals surface area contributed by atoms with Gasteiger partial charge in [0, 0.05) is 55.7 Å². The molecule has 424 valence electrons. The number of aromatic nitrogens is 2. The quantitative estimate of drug-likeness (QED) is 0.0984. The van der Waals surface area contributed by atoms with Gasteiger partial charge in [-0.05, 0) is 161 Å². The fourth-order valence-corrected chi connectivity index (χ4v) is 9.65. The molecule has 0 radical (unpaired) electrons. The molecule has 2 aliphatic heterocycles. The van der Waals surface area contributed by atoms with Gasteiger partial charge in [0.05, 0.1) is 22.5 Å². The second-order valence-electron chi connectivity index (χ2n) is 21.6. The van der Waals surface area contributed by atoms with E-state index in [1.54, 1.807) is 9.80 Å². The third kappa shape index (κ3) is 18.6. The summed E-state index contributed by atoms with van der Waals surface area (Å²) in [6, 6.07) is 44.4. The van der Waals surface area contributed by atoms with Gasteiger partial charge in [-0.25, -0.2) is 19.6 Å². The van der Waals surface area contributed by atoms with E-state index < -0.39 is 11.2 Å². The van der Waals surface area contributed by atoms with E-state index in [-0.39, 0.29) is 31.4 Å². The Morgan fingerprint density at radius 1 is 0.650 bits per heavy atom. The van der Waals surface area contributed by atoms with Crippen LogP contribution in [0.4, 0.5) is 15.4 Å². The first-order valence-corrected chi connectivity index (χ1v) is 28.2. The van der Waals surface area contributed by atoms with Crippen LogP contribution in [-0.4, -0.2) is 82.4 Å². The Bertz CT molecular complexity index is 3020. The largest absolute Gasteiger partial charge is 0.488 e.